The van der Waals surface area contributed by atoms with Gasteiger partial charge in [0.2, 0.25) is 10.0 Å². The highest BCUT2D eigenvalue weighted by molar-refractivity contribution is 9.10. The highest BCUT2D eigenvalue weighted by atomic mass is 79.9. The molecule has 6 heteroatoms. The number of halogens is 1. The van der Waals surface area contributed by atoms with Gasteiger partial charge in [-0.05, 0) is 24.1 Å². The Morgan fingerprint density at radius 2 is 2.04 bits per heavy atom. The molecule has 2 aromatic rings. The fourth-order valence-electron chi connectivity index (χ4n) is 2.57. The Morgan fingerprint density at radius 1 is 1.39 bits per heavy atom. The molecule has 0 aliphatic carbocycles. The number of sulfonamides is 1. The van der Waals surface area contributed by atoms with Crippen LogP contribution in [0.3, 0.4) is 0 Å². The van der Waals surface area contributed by atoms with Gasteiger partial charge in [0, 0.05) is 40.1 Å². The molecule has 4 nitrogen and oxygen atoms in total. The second-order valence-corrected chi connectivity index (χ2v) is 9.43. The lowest BCUT2D eigenvalue weighted by Crippen LogP contribution is -2.28. The number of H-pyrrole nitrogens is 1. The third-order valence-corrected chi connectivity index (χ3v) is 6.07. The number of rotatable bonds is 6. The van der Waals surface area contributed by atoms with E-state index in [4.69, 9.17) is 0 Å². The van der Waals surface area contributed by atoms with Gasteiger partial charge in [0.15, 0.2) is 0 Å². The summed E-state index contributed by atoms with van der Waals surface area (Å²) in [4.78, 5) is 3.49. The molecule has 1 heterocycles. The summed E-state index contributed by atoms with van der Waals surface area (Å²) in [6.07, 6.45) is 3.79. The number of allylic oxidation sites excluding steroid dienone is 1. The number of nitrogens with zero attached hydrogens (tertiary/aromatic N) is 1. The predicted molar refractivity (Wildman–Crippen MR) is 100 cm³/mol. The van der Waals surface area contributed by atoms with E-state index >= 15 is 0 Å². The van der Waals surface area contributed by atoms with Crippen molar-refractivity contribution < 1.29 is 8.42 Å². The van der Waals surface area contributed by atoms with Crippen LogP contribution in [0, 0.1) is 0 Å². The van der Waals surface area contributed by atoms with Crippen molar-refractivity contribution in [2.75, 3.05) is 19.8 Å². The van der Waals surface area contributed by atoms with Crippen LogP contribution in [-0.2, 0) is 21.9 Å². The molecule has 126 valence electrons. The average molecular weight is 399 g/mol. The van der Waals surface area contributed by atoms with Crippen LogP contribution in [0.2, 0.25) is 0 Å². The summed E-state index contributed by atoms with van der Waals surface area (Å²) in [7, 11) is -1.56. The van der Waals surface area contributed by atoms with E-state index in [-0.39, 0.29) is 5.41 Å². The van der Waals surface area contributed by atoms with Gasteiger partial charge in [0.05, 0.1) is 6.26 Å². The van der Waals surface area contributed by atoms with Gasteiger partial charge in [-0.3, -0.25) is 0 Å². The van der Waals surface area contributed by atoms with Crippen LogP contribution in [0.15, 0.2) is 35.3 Å². The molecule has 0 atom stereocenters. The smallest absolute Gasteiger partial charge is 0.210 e. The largest absolute Gasteiger partial charge is 0.357 e. The normalized spacial score (nSPS) is 13.0. The highest BCUT2D eigenvalue weighted by Gasteiger charge is 2.25. The zero-order chi connectivity index (χ0) is 17.4. The molecule has 0 amide bonds. The molecule has 0 fully saturated rings. The molecular formula is C17H23BrN2O2S. The van der Waals surface area contributed by atoms with Gasteiger partial charge in [-0.2, -0.15) is 0 Å². The minimum absolute atomic E-state index is 0.218. The number of aromatic nitrogens is 1. The molecule has 1 N–H and O–H groups in total. The second kappa shape index (κ2) is 6.42. The zero-order valence-electron chi connectivity index (χ0n) is 14.0. The van der Waals surface area contributed by atoms with Crippen LogP contribution in [0.1, 0.15) is 25.1 Å². The van der Waals surface area contributed by atoms with E-state index in [1.54, 1.807) is 7.05 Å². The molecule has 1 aromatic carbocycles. The number of hydrogen-bond donors (Lipinski definition) is 1. The minimum Gasteiger partial charge on any atom is -0.357 e. The van der Waals surface area contributed by atoms with Crippen molar-refractivity contribution in [3.05, 3.63) is 46.6 Å². The Hall–Kier alpha value is -1.11. The topological polar surface area (TPSA) is 53.2 Å². The summed E-state index contributed by atoms with van der Waals surface area (Å²) >= 11 is 3.49. The highest BCUT2D eigenvalue weighted by Crippen LogP contribution is 2.34. The quantitative estimate of drug-likeness (QED) is 0.751. The van der Waals surface area contributed by atoms with Crippen LogP contribution >= 0.6 is 15.9 Å². The third-order valence-electron chi connectivity index (χ3n) is 4.27. The molecule has 0 radical (unpaired) electrons. The van der Waals surface area contributed by atoms with Crippen LogP contribution < -0.4 is 0 Å². The molecule has 0 aliphatic rings. The molecule has 2 rings (SSSR count). The van der Waals surface area contributed by atoms with Crippen LogP contribution in [-0.4, -0.2) is 37.6 Å². The Balaban J connectivity index is 2.51. The van der Waals surface area contributed by atoms with Crippen LogP contribution in [0.5, 0.6) is 0 Å². The van der Waals surface area contributed by atoms with E-state index in [0.717, 1.165) is 26.6 Å². The summed E-state index contributed by atoms with van der Waals surface area (Å²) in [5, 5.41) is 1.13. The summed E-state index contributed by atoms with van der Waals surface area (Å²) in [6, 6.07) is 6.11. The molecular weight excluding hydrogens is 376 g/mol. The third kappa shape index (κ3) is 3.87. The van der Waals surface area contributed by atoms with E-state index in [0.29, 0.717) is 13.0 Å². The number of hydrogen-bond acceptors (Lipinski definition) is 2. The van der Waals surface area contributed by atoms with E-state index in [2.05, 4.69) is 47.4 Å². The Labute approximate surface area is 146 Å². The molecule has 0 unspecified atom stereocenters. The first-order valence-electron chi connectivity index (χ1n) is 7.42. The first-order chi connectivity index (χ1) is 10.6. The maximum atomic E-state index is 11.6. The minimum atomic E-state index is -3.17. The van der Waals surface area contributed by atoms with Gasteiger partial charge in [-0.25, -0.2) is 12.7 Å². The second-order valence-electron chi connectivity index (χ2n) is 6.43. The lowest BCUT2D eigenvalue weighted by Gasteiger charge is -2.22. The Morgan fingerprint density at radius 3 is 2.61 bits per heavy atom. The fourth-order valence-corrected chi connectivity index (χ4v) is 3.36. The summed E-state index contributed by atoms with van der Waals surface area (Å²) in [5.74, 6) is 0. The van der Waals surface area contributed by atoms with Gasteiger partial charge in [-0.1, -0.05) is 41.9 Å². The standard InChI is InChI=1S/C17H23BrN2O2S/c1-6-17(2,3)16-14(9-10-20(4)23(5,21)22)13-8-7-12(18)11-15(13)19-16/h6-8,11,19H,1,9-10H2,2-5H3. The number of likely N-dealkylation sites (N-methyl/N-ethyl adjacent to an activating group) is 1. The van der Waals surface area contributed by atoms with Crippen LogP contribution in [0.25, 0.3) is 10.9 Å². The zero-order valence-corrected chi connectivity index (χ0v) is 16.4. The lowest BCUT2D eigenvalue weighted by molar-refractivity contribution is 0.476. The molecule has 0 bridgehead atoms. The summed E-state index contributed by atoms with van der Waals surface area (Å²) < 4.78 is 25.7. The van der Waals surface area contributed by atoms with Gasteiger partial charge in [0.1, 0.15) is 0 Å². The van der Waals surface area contributed by atoms with E-state index in [1.165, 1.54) is 10.6 Å². The Bertz CT molecular complexity index is 838. The first-order valence-corrected chi connectivity index (χ1v) is 10.1. The monoisotopic (exact) mass is 398 g/mol. The molecule has 0 aliphatic heterocycles. The molecule has 1 aromatic heterocycles. The van der Waals surface area contributed by atoms with E-state index in [9.17, 15) is 8.42 Å². The van der Waals surface area contributed by atoms with E-state index < -0.39 is 10.0 Å². The van der Waals surface area contributed by atoms with Gasteiger partial charge >= 0.3 is 0 Å². The fraction of sp³-hybridized carbons (Fsp3) is 0.412. The van der Waals surface area contributed by atoms with Crippen molar-refractivity contribution in [3.8, 4) is 0 Å². The van der Waals surface area contributed by atoms with Crippen molar-refractivity contribution in [3.63, 3.8) is 0 Å². The Kier molecular flexibility index (Phi) is 5.09. The van der Waals surface area contributed by atoms with Crippen molar-refractivity contribution in [2.24, 2.45) is 0 Å². The van der Waals surface area contributed by atoms with Crippen molar-refractivity contribution in [1.29, 1.82) is 0 Å². The SMILES string of the molecule is C=CC(C)(C)c1[nH]c2cc(Br)ccc2c1CCN(C)S(C)(=O)=O. The summed E-state index contributed by atoms with van der Waals surface area (Å²) in [5.41, 5.74) is 3.06. The number of benzene rings is 1. The maximum Gasteiger partial charge on any atom is 0.210 e. The van der Waals surface area contributed by atoms with Crippen LogP contribution in [0.4, 0.5) is 0 Å². The summed E-state index contributed by atoms with van der Waals surface area (Å²) in [6.45, 7) is 8.58. The lowest BCUT2D eigenvalue weighted by atomic mass is 9.86. The molecule has 0 saturated carbocycles. The average Bonchev–Trinajstić information content (AvgIpc) is 2.82. The van der Waals surface area contributed by atoms with Crippen molar-refractivity contribution in [2.45, 2.75) is 25.7 Å². The number of fused-ring (bicyclic) bond motifs is 1. The van der Waals surface area contributed by atoms with Gasteiger partial charge < -0.3 is 4.98 Å². The first kappa shape index (κ1) is 18.2. The molecule has 0 saturated heterocycles. The van der Waals surface area contributed by atoms with Crippen molar-refractivity contribution in [1.82, 2.24) is 9.29 Å². The number of aromatic amines is 1. The van der Waals surface area contributed by atoms with Gasteiger partial charge in [0.25, 0.3) is 0 Å². The maximum absolute atomic E-state index is 11.6. The molecule has 0 spiro atoms. The van der Waals surface area contributed by atoms with Crippen molar-refractivity contribution >= 4 is 36.9 Å². The molecule has 23 heavy (non-hydrogen) atoms. The van der Waals surface area contributed by atoms with Gasteiger partial charge in [-0.15, -0.1) is 6.58 Å². The predicted octanol–water partition coefficient (Wildman–Crippen LogP) is 3.83. The number of nitrogens with one attached hydrogen (secondary N) is 1. The van der Waals surface area contributed by atoms with E-state index in [1.807, 2.05) is 18.2 Å².